The molecule has 1 saturated heterocycles. The van der Waals surface area contributed by atoms with Crippen molar-refractivity contribution >= 4 is 45.0 Å². The van der Waals surface area contributed by atoms with Gasteiger partial charge in [-0.15, -0.1) is 11.3 Å². The lowest BCUT2D eigenvalue weighted by atomic mass is 10.1. The predicted octanol–water partition coefficient (Wildman–Crippen LogP) is 5.85. The number of fused-ring (bicyclic) bond motifs is 1. The summed E-state index contributed by atoms with van der Waals surface area (Å²) in [6.45, 7) is 4.79. The molecule has 1 aliphatic heterocycles. The van der Waals surface area contributed by atoms with E-state index in [1.165, 1.54) is 16.7 Å². The van der Waals surface area contributed by atoms with E-state index in [-0.39, 0.29) is 0 Å². The zero-order valence-electron chi connectivity index (χ0n) is 17.1. The third-order valence-corrected chi connectivity index (χ3v) is 6.66. The highest BCUT2D eigenvalue weighted by Crippen LogP contribution is 2.39. The largest absolute Gasteiger partial charge is 0.353 e. The highest BCUT2D eigenvalue weighted by atomic mass is 35.5. The molecule has 1 aliphatic rings. The average molecular weight is 447 g/mol. The van der Waals surface area contributed by atoms with Gasteiger partial charge in [0, 0.05) is 43.7 Å². The molecule has 0 radical (unpaired) electrons. The van der Waals surface area contributed by atoms with Crippen LogP contribution in [0.15, 0.2) is 72.1 Å². The molecule has 2 aromatic heterocycles. The second kappa shape index (κ2) is 9.18. The van der Waals surface area contributed by atoms with Crippen LogP contribution in [-0.4, -0.2) is 47.6 Å². The fourth-order valence-electron chi connectivity index (χ4n) is 4.00. The van der Waals surface area contributed by atoms with E-state index in [1.54, 1.807) is 11.3 Å². The van der Waals surface area contributed by atoms with Crippen LogP contribution < -0.4 is 4.90 Å². The molecule has 1 fully saturated rings. The van der Waals surface area contributed by atoms with E-state index in [1.807, 2.05) is 12.1 Å². The molecule has 6 heteroatoms. The van der Waals surface area contributed by atoms with Gasteiger partial charge < -0.3 is 4.90 Å². The van der Waals surface area contributed by atoms with Gasteiger partial charge in [-0.2, -0.15) is 4.98 Å². The van der Waals surface area contributed by atoms with E-state index in [2.05, 4.69) is 85.8 Å². The number of anilines is 1. The van der Waals surface area contributed by atoms with Crippen LogP contribution in [0.3, 0.4) is 0 Å². The third-order valence-electron chi connectivity index (χ3n) is 5.62. The molecule has 0 saturated carbocycles. The van der Waals surface area contributed by atoms with E-state index in [4.69, 9.17) is 11.6 Å². The van der Waals surface area contributed by atoms with Crippen LogP contribution in [0.2, 0.25) is 5.28 Å². The average Bonchev–Trinajstić information content (AvgIpc) is 3.24. The number of thiophene rings is 1. The maximum Gasteiger partial charge on any atom is 0.225 e. The van der Waals surface area contributed by atoms with Crippen LogP contribution in [-0.2, 0) is 0 Å². The zero-order chi connectivity index (χ0) is 21.0. The maximum atomic E-state index is 6.29. The molecular formula is C25H23ClN4S. The van der Waals surface area contributed by atoms with Crippen molar-refractivity contribution in [2.75, 3.05) is 37.6 Å². The quantitative estimate of drug-likeness (QED) is 0.360. The van der Waals surface area contributed by atoms with Crippen molar-refractivity contribution in [2.45, 2.75) is 0 Å². The molecule has 2 aromatic carbocycles. The summed E-state index contributed by atoms with van der Waals surface area (Å²) in [4.78, 5) is 14.9. The molecule has 31 heavy (non-hydrogen) atoms. The van der Waals surface area contributed by atoms with Gasteiger partial charge in [0.1, 0.15) is 10.6 Å². The van der Waals surface area contributed by atoms with E-state index in [0.29, 0.717) is 5.28 Å². The lowest BCUT2D eigenvalue weighted by Crippen LogP contribution is -2.46. The minimum Gasteiger partial charge on any atom is -0.353 e. The Morgan fingerprint density at radius 1 is 0.903 bits per heavy atom. The lowest BCUT2D eigenvalue weighted by Gasteiger charge is -2.35. The van der Waals surface area contributed by atoms with Crippen molar-refractivity contribution in [1.29, 1.82) is 0 Å². The minimum absolute atomic E-state index is 0.317. The molecule has 0 unspecified atom stereocenters. The number of nitrogens with zero attached hydrogens (tertiary/aromatic N) is 4. The van der Waals surface area contributed by atoms with Gasteiger partial charge in [0.25, 0.3) is 0 Å². The molecule has 0 bridgehead atoms. The Kier molecular flexibility index (Phi) is 5.98. The first-order chi connectivity index (χ1) is 15.3. The van der Waals surface area contributed by atoms with Crippen LogP contribution in [0.1, 0.15) is 5.56 Å². The molecule has 4 nitrogen and oxygen atoms in total. The molecule has 3 heterocycles. The van der Waals surface area contributed by atoms with Crippen LogP contribution in [0.25, 0.3) is 27.4 Å². The van der Waals surface area contributed by atoms with E-state index in [9.17, 15) is 0 Å². The number of aromatic nitrogens is 2. The van der Waals surface area contributed by atoms with Crippen molar-refractivity contribution in [2.24, 2.45) is 0 Å². The Morgan fingerprint density at radius 2 is 1.61 bits per heavy atom. The highest BCUT2D eigenvalue weighted by molar-refractivity contribution is 7.17. The molecule has 0 amide bonds. The third kappa shape index (κ3) is 4.49. The van der Waals surface area contributed by atoms with E-state index >= 15 is 0 Å². The predicted molar refractivity (Wildman–Crippen MR) is 132 cm³/mol. The van der Waals surface area contributed by atoms with Gasteiger partial charge in [-0.3, -0.25) is 4.90 Å². The van der Waals surface area contributed by atoms with Crippen molar-refractivity contribution in [3.05, 3.63) is 83.0 Å². The van der Waals surface area contributed by atoms with Gasteiger partial charge in [-0.05, 0) is 22.7 Å². The molecule has 0 atom stereocenters. The lowest BCUT2D eigenvalue weighted by molar-refractivity contribution is 0.284. The number of hydrogen-bond donors (Lipinski definition) is 0. The number of halogens is 1. The molecule has 156 valence electrons. The Hall–Kier alpha value is -2.73. The Balaban J connectivity index is 1.34. The summed E-state index contributed by atoms with van der Waals surface area (Å²) in [6.07, 6.45) is 4.44. The Bertz CT molecular complexity index is 1180. The van der Waals surface area contributed by atoms with Gasteiger partial charge >= 0.3 is 0 Å². The van der Waals surface area contributed by atoms with Crippen LogP contribution in [0.4, 0.5) is 5.82 Å². The number of rotatable bonds is 5. The number of benzene rings is 2. The first-order valence-corrected chi connectivity index (χ1v) is 11.7. The van der Waals surface area contributed by atoms with Gasteiger partial charge in [0.15, 0.2) is 0 Å². The summed E-state index contributed by atoms with van der Waals surface area (Å²) in [5.41, 5.74) is 3.61. The summed E-state index contributed by atoms with van der Waals surface area (Å²) in [7, 11) is 0. The molecule has 0 N–H and O–H groups in total. The molecule has 0 aliphatic carbocycles. The first kappa shape index (κ1) is 20.2. The molecule has 5 rings (SSSR count). The molecule has 0 spiro atoms. The zero-order valence-corrected chi connectivity index (χ0v) is 18.7. The van der Waals surface area contributed by atoms with Gasteiger partial charge in [0.05, 0.1) is 5.39 Å². The van der Waals surface area contributed by atoms with Gasteiger partial charge in [-0.1, -0.05) is 72.8 Å². The van der Waals surface area contributed by atoms with Crippen LogP contribution in [0.5, 0.6) is 0 Å². The summed E-state index contributed by atoms with van der Waals surface area (Å²) in [6, 6.07) is 20.9. The second-order valence-electron chi connectivity index (χ2n) is 7.61. The van der Waals surface area contributed by atoms with Crippen molar-refractivity contribution in [3.8, 4) is 11.1 Å². The van der Waals surface area contributed by atoms with E-state index in [0.717, 1.165) is 48.8 Å². The summed E-state index contributed by atoms with van der Waals surface area (Å²) < 4.78 is 0. The number of hydrogen-bond acceptors (Lipinski definition) is 5. The highest BCUT2D eigenvalue weighted by Gasteiger charge is 2.23. The Labute approximate surface area is 191 Å². The fraction of sp³-hybridized carbons (Fsp3) is 0.200. The second-order valence-corrected chi connectivity index (χ2v) is 8.81. The smallest absolute Gasteiger partial charge is 0.225 e. The normalized spacial score (nSPS) is 15.2. The minimum atomic E-state index is 0.317. The van der Waals surface area contributed by atoms with Crippen LogP contribution in [0, 0.1) is 0 Å². The monoisotopic (exact) mass is 446 g/mol. The SMILES string of the molecule is Clc1nc(N2CCN(C/C=C/c3ccccc3)CC2)c2c(-c3ccccc3)csc2n1. The standard InChI is InChI=1S/C25H23ClN4S/c26-25-27-23(22-21(18-31-24(22)28-25)20-11-5-2-6-12-20)30-16-14-29(15-17-30)13-7-10-19-8-3-1-4-9-19/h1-12,18H,13-17H2/b10-7+. The maximum absolute atomic E-state index is 6.29. The summed E-state index contributed by atoms with van der Waals surface area (Å²) in [5.74, 6) is 0.953. The van der Waals surface area contributed by atoms with Gasteiger partial charge in [-0.25, -0.2) is 4.98 Å². The fourth-order valence-corrected chi connectivity index (χ4v) is 5.16. The van der Waals surface area contributed by atoms with Gasteiger partial charge in [0.2, 0.25) is 5.28 Å². The van der Waals surface area contributed by atoms with Crippen molar-refractivity contribution in [1.82, 2.24) is 14.9 Å². The first-order valence-electron chi connectivity index (χ1n) is 10.5. The summed E-state index contributed by atoms with van der Waals surface area (Å²) >= 11 is 7.92. The molecular weight excluding hydrogens is 424 g/mol. The Morgan fingerprint density at radius 3 is 2.35 bits per heavy atom. The van der Waals surface area contributed by atoms with Crippen molar-refractivity contribution < 1.29 is 0 Å². The number of piperazine rings is 1. The molecule has 4 aromatic rings. The van der Waals surface area contributed by atoms with Crippen LogP contribution >= 0.6 is 22.9 Å². The van der Waals surface area contributed by atoms with E-state index < -0.39 is 0 Å². The topological polar surface area (TPSA) is 32.3 Å². The summed E-state index contributed by atoms with van der Waals surface area (Å²) in [5, 5.41) is 3.59. The van der Waals surface area contributed by atoms with Crippen molar-refractivity contribution in [3.63, 3.8) is 0 Å².